The van der Waals surface area contributed by atoms with Crippen molar-refractivity contribution < 1.29 is 22.7 Å². The van der Waals surface area contributed by atoms with Crippen LogP contribution < -0.4 is 0 Å². The van der Waals surface area contributed by atoms with E-state index in [0.29, 0.717) is 11.5 Å². The number of furan rings is 1. The topological polar surface area (TPSA) is 92.8 Å². The Bertz CT molecular complexity index is 772. The van der Waals surface area contributed by atoms with Crippen molar-refractivity contribution in [3.63, 3.8) is 0 Å². The minimum atomic E-state index is -3.77. The van der Waals surface area contributed by atoms with Crippen molar-refractivity contribution in [2.75, 3.05) is 7.05 Å². The predicted molar refractivity (Wildman–Crippen MR) is 74.5 cm³/mol. The van der Waals surface area contributed by atoms with Crippen molar-refractivity contribution in [3.05, 3.63) is 41.6 Å². The third-order valence-electron chi connectivity index (χ3n) is 3.08. The van der Waals surface area contributed by atoms with Gasteiger partial charge in [-0.25, -0.2) is 13.2 Å². The number of hydrogen-bond donors (Lipinski definition) is 1. The Morgan fingerprint density at radius 2 is 2.10 bits per heavy atom. The molecule has 0 spiro atoms. The molecule has 0 atom stereocenters. The summed E-state index contributed by atoms with van der Waals surface area (Å²) in [5, 5.41) is 8.98. The number of aromatic carboxylic acids is 1. The van der Waals surface area contributed by atoms with E-state index in [-0.39, 0.29) is 17.1 Å². The Balaban J connectivity index is 2.28. The summed E-state index contributed by atoms with van der Waals surface area (Å²) in [5.74, 6) is 0.0416. The number of aromatic nitrogens is 1. The Morgan fingerprint density at radius 1 is 1.43 bits per heavy atom. The summed E-state index contributed by atoms with van der Waals surface area (Å²) in [6.45, 7) is 1.85. The van der Waals surface area contributed by atoms with E-state index in [1.807, 2.05) is 0 Å². The van der Waals surface area contributed by atoms with Crippen LogP contribution in [-0.4, -0.2) is 35.4 Å². The van der Waals surface area contributed by atoms with Gasteiger partial charge < -0.3 is 14.1 Å². The van der Waals surface area contributed by atoms with Gasteiger partial charge in [-0.1, -0.05) is 0 Å². The predicted octanol–water partition coefficient (Wildman–Crippen LogP) is 1.45. The monoisotopic (exact) mass is 312 g/mol. The molecule has 21 heavy (non-hydrogen) atoms. The third-order valence-corrected chi connectivity index (χ3v) is 4.85. The normalized spacial score (nSPS) is 12.0. The second kappa shape index (κ2) is 5.38. The Hall–Kier alpha value is -2.06. The van der Waals surface area contributed by atoms with Gasteiger partial charge >= 0.3 is 5.97 Å². The zero-order valence-corrected chi connectivity index (χ0v) is 12.7. The van der Waals surface area contributed by atoms with Crippen LogP contribution in [0.15, 0.2) is 33.7 Å². The van der Waals surface area contributed by atoms with Crippen molar-refractivity contribution >= 4 is 16.0 Å². The van der Waals surface area contributed by atoms with Gasteiger partial charge in [0.1, 0.15) is 22.1 Å². The van der Waals surface area contributed by atoms with Gasteiger partial charge in [0.25, 0.3) is 0 Å². The van der Waals surface area contributed by atoms with E-state index < -0.39 is 16.0 Å². The minimum Gasteiger partial charge on any atom is -0.477 e. The standard InChI is InChI=1S/C13H16N2O5S/c1-9-4-5-10(20-9)7-15(3)21(18,19)11-6-12(13(16)17)14(2)8-11/h4-6,8H,7H2,1-3H3,(H,16,17). The molecule has 0 radical (unpaired) electrons. The van der Waals surface area contributed by atoms with Crippen molar-refractivity contribution in [2.24, 2.45) is 7.05 Å². The molecule has 0 bridgehead atoms. The lowest BCUT2D eigenvalue weighted by atomic mass is 10.4. The van der Waals surface area contributed by atoms with Gasteiger partial charge in [0, 0.05) is 20.3 Å². The van der Waals surface area contributed by atoms with E-state index in [2.05, 4.69) is 0 Å². The summed E-state index contributed by atoms with van der Waals surface area (Å²) >= 11 is 0. The number of sulfonamides is 1. The quantitative estimate of drug-likeness (QED) is 0.902. The van der Waals surface area contributed by atoms with Crippen molar-refractivity contribution in [3.8, 4) is 0 Å². The highest BCUT2D eigenvalue weighted by molar-refractivity contribution is 7.89. The van der Waals surface area contributed by atoms with Crippen molar-refractivity contribution in [2.45, 2.75) is 18.4 Å². The maximum Gasteiger partial charge on any atom is 0.352 e. The molecule has 0 aliphatic rings. The number of carboxylic acids is 1. The van der Waals surface area contributed by atoms with E-state index >= 15 is 0 Å². The van der Waals surface area contributed by atoms with E-state index in [0.717, 1.165) is 10.4 Å². The Labute approximate surface area is 122 Å². The maximum absolute atomic E-state index is 12.4. The van der Waals surface area contributed by atoms with E-state index in [1.165, 1.54) is 24.9 Å². The molecule has 0 amide bonds. The SMILES string of the molecule is Cc1ccc(CN(C)S(=O)(=O)c2cc(C(=O)O)n(C)c2)o1. The number of rotatable bonds is 5. The van der Waals surface area contributed by atoms with Crippen LogP contribution in [-0.2, 0) is 23.6 Å². The van der Waals surface area contributed by atoms with Crippen LogP contribution in [0.2, 0.25) is 0 Å². The Morgan fingerprint density at radius 3 is 2.57 bits per heavy atom. The minimum absolute atomic E-state index is 0.0619. The summed E-state index contributed by atoms with van der Waals surface area (Å²) in [4.78, 5) is 10.9. The van der Waals surface area contributed by atoms with Crippen LogP contribution in [0.1, 0.15) is 22.0 Å². The molecule has 0 saturated carbocycles. The van der Waals surface area contributed by atoms with Crippen LogP contribution >= 0.6 is 0 Å². The molecular formula is C13H16N2O5S. The van der Waals surface area contributed by atoms with Gasteiger partial charge in [0.05, 0.1) is 6.54 Å². The van der Waals surface area contributed by atoms with Gasteiger partial charge in [-0.2, -0.15) is 4.31 Å². The summed E-state index contributed by atoms with van der Waals surface area (Å²) in [7, 11) is -0.872. The molecule has 0 aliphatic carbocycles. The molecule has 2 aromatic rings. The Kier molecular flexibility index (Phi) is 3.93. The summed E-state index contributed by atoms with van der Waals surface area (Å²) in [5.41, 5.74) is -0.0872. The first-order valence-electron chi connectivity index (χ1n) is 6.13. The van der Waals surface area contributed by atoms with Crippen LogP contribution in [0.5, 0.6) is 0 Å². The van der Waals surface area contributed by atoms with Gasteiger partial charge in [0.2, 0.25) is 10.0 Å². The zero-order chi connectivity index (χ0) is 15.8. The number of carboxylic acid groups (broad SMARTS) is 1. The molecule has 114 valence electrons. The van der Waals surface area contributed by atoms with Gasteiger partial charge in [0.15, 0.2) is 0 Å². The molecule has 0 unspecified atom stereocenters. The lowest BCUT2D eigenvalue weighted by Crippen LogP contribution is -2.26. The molecule has 0 saturated heterocycles. The fraction of sp³-hybridized carbons (Fsp3) is 0.308. The lowest BCUT2D eigenvalue weighted by Gasteiger charge is -2.14. The van der Waals surface area contributed by atoms with Gasteiger partial charge in [-0.3, -0.25) is 0 Å². The molecule has 0 fully saturated rings. The first kappa shape index (κ1) is 15.3. The molecule has 2 aromatic heterocycles. The maximum atomic E-state index is 12.4. The van der Waals surface area contributed by atoms with Crippen molar-refractivity contribution in [1.82, 2.24) is 8.87 Å². The third kappa shape index (κ3) is 3.01. The van der Waals surface area contributed by atoms with E-state index in [9.17, 15) is 13.2 Å². The molecule has 2 rings (SSSR count). The fourth-order valence-corrected chi connectivity index (χ4v) is 3.15. The van der Waals surface area contributed by atoms with E-state index in [1.54, 1.807) is 19.1 Å². The zero-order valence-electron chi connectivity index (χ0n) is 11.9. The van der Waals surface area contributed by atoms with Crippen molar-refractivity contribution in [1.29, 1.82) is 0 Å². The molecule has 0 aliphatic heterocycles. The molecule has 1 N–H and O–H groups in total. The van der Waals surface area contributed by atoms with Crippen LogP contribution in [0.4, 0.5) is 0 Å². The molecule has 8 heteroatoms. The first-order chi connectivity index (χ1) is 9.71. The summed E-state index contributed by atoms with van der Waals surface area (Å²) in [6, 6.07) is 4.59. The molecule has 0 aromatic carbocycles. The van der Waals surface area contributed by atoms with E-state index in [4.69, 9.17) is 9.52 Å². The number of carbonyl (C=O) groups is 1. The highest BCUT2D eigenvalue weighted by Crippen LogP contribution is 2.20. The van der Waals surface area contributed by atoms with Crippen LogP contribution in [0, 0.1) is 6.92 Å². The number of hydrogen-bond acceptors (Lipinski definition) is 4. The number of nitrogens with zero attached hydrogens (tertiary/aromatic N) is 2. The average Bonchev–Trinajstić information content (AvgIpc) is 2.95. The second-order valence-electron chi connectivity index (χ2n) is 4.75. The molecular weight excluding hydrogens is 296 g/mol. The number of aryl methyl sites for hydroxylation is 2. The fourth-order valence-electron chi connectivity index (χ4n) is 1.94. The first-order valence-corrected chi connectivity index (χ1v) is 7.57. The van der Waals surface area contributed by atoms with Crippen LogP contribution in [0.25, 0.3) is 0 Å². The average molecular weight is 312 g/mol. The van der Waals surface area contributed by atoms with Crippen LogP contribution in [0.3, 0.4) is 0 Å². The highest BCUT2D eigenvalue weighted by Gasteiger charge is 2.25. The van der Waals surface area contributed by atoms with Gasteiger partial charge in [-0.15, -0.1) is 0 Å². The summed E-state index contributed by atoms with van der Waals surface area (Å²) in [6.07, 6.45) is 1.28. The summed E-state index contributed by atoms with van der Waals surface area (Å²) < 4.78 is 32.5. The highest BCUT2D eigenvalue weighted by atomic mass is 32.2. The largest absolute Gasteiger partial charge is 0.477 e. The smallest absolute Gasteiger partial charge is 0.352 e. The lowest BCUT2D eigenvalue weighted by molar-refractivity contribution is 0.0686. The van der Waals surface area contributed by atoms with Gasteiger partial charge in [-0.05, 0) is 25.1 Å². The second-order valence-corrected chi connectivity index (χ2v) is 6.80. The molecule has 2 heterocycles. The molecule has 7 nitrogen and oxygen atoms in total.